The van der Waals surface area contributed by atoms with Crippen LogP contribution in [0.1, 0.15) is 16.1 Å². The van der Waals surface area contributed by atoms with Crippen molar-refractivity contribution < 1.29 is 13.9 Å². The van der Waals surface area contributed by atoms with Gasteiger partial charge < -0.3 is 4.74 Å². The number of pyridine rings is 1. The van der Waals surface area contributed by atoms with Crippen LogP contribution in [0, 0.1) is 12.7 Å². The minimum absolute atomic E-state index is 0.297. The Balaban J connectivity index is 2.04. The van der Waals surface area contributed by atoms with Gasteiger partial charge in [-0.3, -0.25) is 4.40 Å². The van der Waals surface area contributed by atoms with E-state index < -0.39 is 11.8 Å². The molecule has 0 amide bonds. The molecule has 0 N–H and O–H groups in total. The predicted octanol–water partition coefficient (Wildman–Crippen LogP) is 4.64. The summed E-state index contributed by atoms with van der Waals surface area (Å²) in [5.74, 6) is -0.540. The SMILES string of the molecule is COC(=O)c1ccc(Cl)c(N=Nc2c(C)nc3ccc(F)cn23)c1. The van der Waals surface area contributed by atoms with E-state index in [1.165, 1.54) is 42.0 Å². The second kappa shape index (κ2) is 6.37. The van der Waals surface area contributed by atoms with Gasteiger partial charge in [-0.25, -0.2) is 14.2 Å². The third-order valence-electron chi connectivity index (χ3n) is 3.34. The Labute approximate surface area is 141 Å². The first-order valence-corrected chi connectivity index (χ1v) is 7.31. The molecular formula is C16H12ClFN4O2. The van der Waals surface area contributed by atoms with Crippen LogP contribution in [0.3, 0.4) is 0 Å². The first-order chi connectivity index (χ1) is 11.5. The fraction of sp³-hybridized carbons (Fsp3) is 0.125. The molecule has 2 aromatic heterocycles. The highest BCUT2D eigenvalue weighted by Crippen LogP contribution is 2.29. The van der Waals surface area contributed by atoms with Crippen LogP contribution >= 0.6 is 11.6 Å². The van der Waals surface area contributed by atoms with Crippen LogP contribution in [0.2, 0.25) is 5.02 Å². The summed E-state index contributed by atoms with van der Waals surface area (Å²) in [6.07, 6.45) is 1.27. The van der Waals surface area contributed by atoms with Crippen molar-refractivity contribution in [1.82, 2.24) is 9.38 Å². The van der Waals surface area contributed by atoms with Gasteiger partial charge in [-0.2, -0.15) is 0 Å². The Bertz CT molecular complexity index is 968. The summed E-state index contributed by atoms with van der Waals surface area (Å²) >= 11 is 6.08. The third kappa shape index (κ3) is 2.98. The van der Waals surface area contributed by atoms with Gasteiger partial charge in [-0.1, -0.05) is 11.6 Å². The van der Waals surface area contributed by atoms with Gasteiger partial charge in [-0.15, -0.1) is 10.2 Å². The van der Waals surface area contributed by atoms with E-state index in [1.54, 1.807) is 13.0 Å². The number of methoxy groups -OCH3 is 1. The van der Waals surface area contributed by atoms with Gasteiger partial charge in [0.15, 0.2) is 5.82 Å². The standard InChI is InChI=1S/C16H12ClFN4O2/c1-9-15(22-8-11(18)4-6-14(22)19-9)21-20-13-7-10(16(23)24-2)3-5-12(13)17/h3-8H,1-2H3. The van der Waals surface area contributed by atoms with Gasteiger partial charge in [0.2, 0.25) is 0 Å². The molecule has 3 rings (SSSR count). The quantitative estimate of drug-likeness (QED) is 0.512. The Morgan fingerprint density at radius 3 is 2.83 bits per heavy atom. The van der Waals surface area contributed by atoms with Gasteiger partial charge in [0.05, 0.1) is 23.4 Å². The molecule has 2 heterocycles. The number of aromatic nitrogens is 2. The van der Waals surface area contributed by atoms with Crippen LogP contribution in [0.4, 0.5) is 15.9 Å². The van der Waals surface area contributed by atoms with Crippen molar-refractivity contribution >= 4 is 34.7 Å². The number of carbonyl (C=O) groups excluding carboxylic acids is 1. The molecule has 0 saturated carbocycles. The van der Waals surface area contributed by atoms with Crippen molar-refractivity contribution in [3.05, 3.63) is 58.6 Å². The van der Waals surface area contributed by atoms with Crippen LogP contribution in [0.15, 0.2) is 46.8 Å². The molecule has 0 spiro atoms. The Kier molecular flexibility index (Phi) is 4.26. The number of carbonyl (C=O) groups is 1. The fourth-order valence-electron chi connectivity index (χ4n) is 2.18. The van der Waals surface area contributed by atoms with E-state index in [2.05, 4.69) is 19.9 Å². The topological polar surface area (TPSA) is 68.3 Å². The molecule has 0 aliphatic heterocycles. The lowest BCUT2D eigenvalue weighted by molar-refractivity contribution is 0.0601. The van der Waals surface area contributed by atoms with E-state index in [9.17, 15) is 9.18 Å². The van der Waals surface area contributed by atoms with Gasteiger partial charge in [-0.05, 0) is 37.3 Å². The molecule has 1 aromatic carbocycles. The van der Waals surface area contributed by atoms with Crippen LogP contribution in [0.5, 0.6) is 0 Å². The van der Waals surface area contributed by atoms with E-state index in [-0.39, 0.29) is 0 Å². The summed E-state index contributed by atoms with van der Waals surface area (Å²) in [7, 11) is 1.29. The number of esters is 1. The van der Waals surface area contributed by atoms with Gasteiger partial charge in [0.25, 0.3) is 0 Å². The number of benzene rings is 1. The lowest BCUT2D eigenvalue weighted by Gasteiger charge is -2.02. The third-order valence-corrected chi connectivity index (χ3v) is 3.66. The number of ether oxygens (including phenoxy) is 1. The molecule has 0 aliphatic rings. The Morgan fingerprint density at radius 2 is 2.08 bits per heavy atom. The van der Waals surface area contributed by atoms with Gasteiger partial charge >= 0.3 is 5.97 Å². The number of nitrogens with zero attached hydrogens (tertiary/aromatic N) is 4. The van der Waals surface area contributed by atoms with Crippen molar-refractivity contribution in [3.8, 4) is 0 Å². The van der Waals surface area contributed by atoms with E-state index in [4.69, 9.17) is 11.6 Å². The largest absolute Gasteiger partial charge is 0.465 e. The van der Waals surface area contributed by atoms with Crippen molar-refractivity contribution in [1.29, 1.82) is 0 Å². The summed E-state index contributed by atoms with van der Waals surface area (Å²) in [4.78, 5) is 15.9. The van der Waals surface area contributed by atoms with Crippen LogP contribution < -0.4 is 0 Å². The maximum absolute atomic E-state index is 13.4. The molecule has 0 saturated heterocycles. The summed E-state index contributed by atoms with van der Waals surface area (Å²) < 4.78 is 19.6. The zero-order chi connectivity index (χ0) is 17.3. The van der Waals surface area contributed by atoms with E-state index in [0.29, 0.717) is 33.4 Å². The minimum atomic E-state index is -0.504. The average Bonchev–Trinajstić information content (AvgIpc) is 2.88. The molecule has 122 valence electrons. The van der Waals surface area contributed by atoms with Crippen molar-refractivity contribution in [3.63, 3.8) is 0 Å². The number of hydrogen-bond acceptors (Lipinski definition) is 5. The predicted molar refractivity (Wildman–Crippen MR) is 86.9 cm³/mol. The Hall–Kier alpha value is -2.80. The number of halogens is 2. The highest BCUT2D eigenvalue weighted by molar-refractivity contribution is 6.33. The highest BCUT2D eigenvalue weighted by atomic mass is 35.5. The summed E-state index contributed by atoms with van der Waals surface area (Å²) in [5, 5.41) is 8.51. The normalized spacial score (nSPS) is 11.3. The monoisotopic (exact) mass is 346 g/mol. The number of imidazole rings is 1. The van der Waals surface area contributed by atoms with Gasteiger partial charge in [0, 0.05) is 6.20 Å². The molecule has 24 heavy (non-hydrogen) atoms. The molecule has 0 bridgehead atoms. The Morgan fingerprint density at radius 1 is 1.29 bits per heavy atom. The molecule has 0 atom stereocenters. The van der Waals surface area contributed by atoms with Crippen molar-refractivity contribution in [2.24, 2.45) is 10.2 Å². The number of aryl methyl sites for hydroxylation is 1. The molecule has 0 radical (unpaired) electrons. The maximum atomic E-state index is 13.4. The second-order valence-corrected chi connectivity index (χ2v) is 5.36. The van der Waals surface area contributed by atoms with E-state index >= 15 is 0 Å². The van der Waals surface area contributed by atoms with E-state index in [1.807, 2.05) is 0 Å². The van der Waals surface area contributed by atoms with Crippen LogP contribution in [-0.2, 0) is 4.74 Å². The van der Waals surface area contributed by atoms with Gasteiger partial charge in [0.1, 0.15) is 17.2 Å². The molecule has 8 heteroatoms. The first kappa shape index (κ1) is 16.1. The molecule has 3 aromatic rings. The molecule has 0 unspecified atom stereocenters. The summed E-state index contributed by atoms with van der Waals surface area (Å²) in [5.41, 5.74) is 1.74. The molecule has 0 fully saturated rings. The number of rotatable bonds is 3. The lowest BCUT2D eigenvalue weighted by atomic mass is 10.2. The zero-order valence-electron chi connectivity index (χ0n) is 12.8. The number of hydrogen-bond donors (Lipinski definition) is 0. The molecule has 6 nitrogen and oxygen atoms in total. The maximum Gasteiger partial charge on any atom is 0.337 e. The lowest BCUT2D eigenvalue weighted by Crippen LogP contribution is -2.00. The summed E-state index contributed by atoms with van der Waals surface area (Å²) in [6.45, 7) is 1.74. The van der Waals surface area contributed by atoms with Crippen LogP contribution in [0.25, 0.3) is 5.65 Å². The highest BCUT2D eigenvalue weighted by Gasteiger charge is 2.11. The average molecular weight is 347 g/mol. The molecular weight excluding hydrogens is 335 g/mol. The van der Waals surface area contributed by atoms with Crippen LogP contribution in [-0.4, -0.2) is 22.5 Å². The van der Waals surface area contributed by atoms with Crippen molar-refractivity contribution in [2.75, 3.05) is 7.11 Å². The smallest absolute Gasteiger partial charge is 0.337 e. The second-order valence-electron chi connectivity index (χ2n) is 4.95. The first-order valence-electron chi connectivity index (χ1n) is 6.93. The molecule has 0 aliphatic carbocycles. The van der Waals surface area contributed by atoms with E-state index in [0.717, 1.165) is 0 Å². The summed E-state index contributed by atoms with van der Waals surface area (Å²) in [6, 6.07) is 7.40. The number of fused-ring (bicyclic) bond motifs is 1. The number of azo groups is 1. The fourth-order valence-corrected chi connectivity index (χ4v) is 2.34. The van der Waals surface area contributed by atoms with Crippen molar-refractivity contribution in [2.45, 2.75) is 6.92 Å². The zero-order valence-corrected chi connectivity index (χ0v) is 13.6. The minimum Gasteiger partial charge on any atom is -0.465 e.